The first-order valence-corrected chi connectivity index (χ1v) is 5.71. The van der Waals surface area contributed by atoms with Crippen molar-refractivity contribution in [2.24, 2.45) is 5.73 Å². The second kappa shape index (κ2) is 3.09. The van der Waals surface area contributed by atoms with Gasteiger partial charge in [-0.2, -0.15) is 0 Å². The van der Waals surface area contributed by atoms with Gasteiger partial charge in [0.05, 0.1) is 15.5 Å². The monoisotopic (exact) mass is 246 g/mol. The molecule has 0 amide bonds. The summed E-state index contributed by atoms with van der Waals surface area (Å²) >= 11 is 5.20. The van der Waals surface area contributed by atoms with Crippen LogP contribution in [0.3, 0.4) is 0 Å². The van der Waals surface area contributed by atoms with Crippen LogP contribution >= 0.6 is 27.3 Å². The van der Waals surface area contributed by atoms with Crippen LogP contribution in [0, 0.1) is 0 Å². The second-order valence-electron chi connectivity index (χ2n) is 3.27. The highest BCUT2D eigenvalue weighted by atomic mass is 79.9. The van der Waals surface area contributed by atoms with Crippen molar-refractivity contribution < 1.29 is 0 Å². The normalized spacial score (nSPS) is 19.6. The van der Waals surface area contributed by atoms with Crippen LogP contribution in [0.4, 0.5) is 0 Å². The van der Waals surface area contributed by atoms with Crippen molar-refractivity contribution in [3.8, 4) is 0 Å². The summed E-state index contributed by atoms with van der Waals surface area (Å²) in [6, 6.07) is 0.0683. The van der Waals surface area contributed by atoms with Crippen LogP contribution in [0.5, 0.6) is 0 Å². The molecule has 0 aliphatic heterocycles. The van der Waals surface area contributed by atoms with Crippen molar-refractivity contribution in [3.05, 3.63) is 14.5 Å². The molecule has 0 bridgehead atoms. The molecule has 1 unspecified atom stereocenters. The smallest absolute Gasteiger partial charge is 0.110 e. The number of rotatable bonds is 2. The van der Waals surface area contributed by atoms with Gasteiger partial charge in [-0.15, -0.1) is 11.3 Å². The summed E-state index contributed by atoms with van der Waals surface area (Å²) in [6.45, 7) is 1.97. The maximum absolute atomic E-state index is 5.74. The van der Waals surface area contributed by atoms with Gasteiger partial charge < -0.3 is 5.73 Å². The third-order valence-electron chi connectivity index (χ3n) is 1.98. The van der Waals surface area contributed by atoms with Crippen LogP contribution in [0.1, 0.15) is 42.4 Å². The van der Waals surface area contributed by atoms with Gasteiger partial charge in [-0.3, -0.25) is 0 Å². The lowest BCUT2D eigenvalue weighted by molar-refractivity contribution is 0.797. The van der Waals surface area contributed by atoms with E-state index in [4.69, 9.17) is 5.73 Å². The Labute approximate surface area is 84.3 Å². The van der Waals surface area contributed by atoms with Crippen LogP contribution < -0.4 is 5.73 Å². The Morgan fingerprint density at radius 3 is 2.75 bits per heavy atom. The molecule has 2 N–H and O–H groups in total. The minimum absolute atomic E-state index is 0.0683. The molecule has 0 saturated heterocycles. The number of halogens is 1. The Morgan fingerprint density at radius 2 is 2.33 bits per heavy atom. The molecule has 0 radical (unpaired) electrons. The minimum atomic E-state index is 0.0683. The highest BCUT2D eigenvalue weighted by Crippen LogP contribution is 2.45. The minimum Gasteiger partial charge on any atom is -0.322 e. The summed E-state index contributed by atoms with van der Waals surface area (Å²) in [5.74, 6) is 0.711. The maximum atomic E-state index is 5.74. The van der Waals surface area contributed by atoms with E-state index in [-0.39, 0.29) is 6.04 Å². The second-order valence-corrected chi connectivity index (χ2v) is 5.62. The van der Waals surface area contributed by atoms with E-state index in [9.17, 15) is 0 Å². The number of hydrogen-bond acceptors (Lipinski definition) is 3. The van der Waals surface area contributed by atoms with E-state index >= 15 is 0 Å². The molecule has 1 aliphatic rings. The number of aromatic nitrogens is 1. The molecule has 1 saturated carbocycles. The lowest BCUT2D eigenvalue weighted by atomic mass is 10.3. The molecule has 12 heavy (non-hydrogen) atoms. The molecule has 0 aromatic carbocycles. The maximum Gasteiger partial charge on any atom is 0.110 e. The quantitative estimate of drug-likeness (QED) is 0.872. The van der Waals surface area contributed by atoms with Crippen LogP contribution in [-0.2, 0) is 0 Å². The highest BCUT2D eigenvalue weighted by Gasteiger charge is 2.29. The molecule has 2 nitrogen and oxygen atoms in total. The standard InChI is InChI=1S/C8H11BrN2S/c1-4(10)8-11-6(5-2-3-5)7(9)12-8/h4-5H,2-3,10H2,1H3. The topological polar surface area (TPSA) is 38.9 Å². The number of thiazole rings is 1. The van der Waals surface area contributed by atoms with Crippen molar-refractivity contribution in [1.82, 2.24) is 4.98 Å². The van der Waals surface area contributed by atoms with E-state index in [1.54, 1.807) is 11.3 Å². The summed E-state index contributed by atoms with van der Waals surface area (Å²) in [5.41, 5.74) is 6.97. The Kier molecular flexibility index (Phi) is 2.23. The molecule has 1 heterocycles. The average molecular weight is 247 g/mol. The van der Waals surface area contributed by atoms with Crippen molar-refractivity contribution in [2.45, 2.75) is 31.7 Å². The summed E-state index contributed by atoms with van der Waals surface area (Å²) in [7, 11) is 0. The summed E-state index contributed by atoms with van der Waals surface area (Å²) < 4.78 is 1.18. The van der Waals surface area contributed by atoms with Crippen LogP contribution in [-0.4, -0.2) is 4.98 Å². The van der Waals surface area contributed by atoms with E-state index in [0.717, 1.165) is 5.01 Å². The molecular weight excluding hydrogens is 236 g/mol. The van der Waals surface area contributed by atoms with E-state index < -0.39 is 0 Å². The van der Waals surface area contributed by atoms with Gasteiger partial charge in [0.25, 0.3) is 0 Å². The van der Waals surface area contributed by atoms with Gasteiger partial charge >= 0.3 is 0 Å². The predicted molar refractivity (Wildman–Crippen MR) is 54.4 cm³/mol. The molecule has 1 atom stereocenters. The molecular formula is C8H11BrN2S. The fraction of sp³-hybridized carbons (Fsp3) is 0.625. The molecule has 1 fully saturated rings. The first-order chi connectivity index (χ1) is 5.68. The Hall–Kier alpha value is 0.0700. The molecule has 2 rings (SSSR count). The molecule has 1 aromatic rings. The average Bonchev–Trinajstić information content (AvgIpc) is 2.75. The number of hydrogen-bond donors (Lipinski definition) is 1. The van der Waals surface area contributed by atoms with E-state index in [1.165, 1.54) is 22.3 Å². The lowest BCUT2D eigenvalue weighted by Crippen LogP contribution is -2.04. The molecule has 1 aromatic heterocycles. The zero-order chi connectivity index (χ0) is 8.72. The Bertz CT molecular complexity index is 291. The lowest BCUT2D eigenvalue weighted by Gasteiger charge is -1.96. The van der Waals surface area contributed by atoms with Crippen LogP contribution in [0.2, 0.25) is 0 Å². The largest absolute Gasteiger partial charge is 0.322 e. The van der Waals surface area contributed by atoms with Crippen molar-refractivity contribution in [2.75, 3.05) is 0 Å². The summed E-state index contributed by atoms with van der Waals surface area (Å²) in [6.07, 6.45) is 2.58. The first kappa shape index (κ1) is 8.66. The zero-order valence-electron chi connectivity index (χ0n) is 6.88. The fourth-order valence-electron chi connectivity index (χ4n) is 1.13. The van der Waals surface area contributed by atoms with Gasteiger partial charge in [-0.1, -0.05) is 0 Å². The van der Waals surface area contributed by atoms with E-state index in [0.29, 0.717) is 5.92 Å². The predicted octanol–water partition coefficient (Wildman–Crippen LogP) is 2.80. The van der Waals surface area contributed by atoms with Gasteiger partial charge in [-0.05, 0) is 35.7 Å². The first-order valence-electron chi connectivity index (χ1n) is 4.10. The van der Waals surface area contributed by atoms with Crippen molar-refractivity contribution >= 4 is 27.3 Å². The molecule has 1 aliphatic carbocycles. The third-order valence-corrected chi connectivity index (χ3v) is 3.93. The number of nitrogens with two attached hydrogens (primary N) is 1. The molecule has 4 heteroatoms. The summed E-state index contributed by atoms with van der Waals surface area (Å²) in [5, 5.41) is 1.05. The SMILES string of the molecule is CC(N)c1nc(C2CC2)c(Br)s1. The number of nitrogens with zero attached hydrogens (tertiary/aromatic N) is 1. The summed E-state index contributed by atoms with van der Waals surface area (Å²) in [4.78, 5) is 4.52. The Balaban J connectivity index is 2.30. The van der Waals surface area contributed by atoms with E-state index in [2.05, 4.69) is 20.9 Å². The van der Waals surface area contributed by atoms with Gasteiger partial charge in [0.15, 0.2) is 0 Å². The molecule has 66 valence electrons. The van der Waals surface area contributed by atoms with E-state index in [1.807, 2.05) is 6.92 Å². The molecule has 0 spiro atoms. The zero-order valence-corrected chi connectivity index (χ0v) is 9.28. The Morgan fingerprint density at radius 1 is 1.67 bits per heavy atom. The van der Waals surface area contributed by atoms with Crippen molar-refractivity contribution in [3.63, 3.8) is 0 Å². The third kappa shape index (κ3) is 1.56. The van der Waals surface area contributed by atoms with Crippen LogP contribution in [0.25, 0.3) is 0 Å². The van der Waals surface area contributed by atoms with Gasteiger partial charge in [-0.25, -0.2) is 4.98 Å². The van der Waals surface area contributed by atoms with Gasteiger partial charge in [0.2, 0.25) is 0 Å². The van der Waals surface area contributed by atoms with Crippen LogP contribution in [0.15, 0.2) is 3.79 Å². The highest BCUT2D eigenvalue weighted by molar-refractivity contribution is 9.11. The fourth-order valence-corrected chi connectivity index (χ4v) is 2.87. The van der Waals surface area contributed by atoms with Gasteiger partial charge in [0, 0.05) is 5.92 Å². The van der Waals surface area contributed by atoms with Crippen molar-refractivity contribution in [1.29, 1.82) is 0 Å². The van der Waals surface area contributed by atoms with Gasteiger partial charge in [0.1, 0.15) is 5.01 Å².